The maximum absolute atomic E-state index is 14.1. The van der Waals surface area contributed by atoms with Crippen molar-refractivity contribution in [1.82, 2.24) is 14.9 Å². The molecule has 9 heteroatoms. The van der Waals surface area contributed by atoms with Gasteiger partial charge in [-0.25, -0.2) is 13.8 Å². The molecule has 2 heterocycles. The lowest BCUT2D eigenvalue weighted by Gasteiger charge is -2.22. The Kier molecular flexibility index (Phi) is 7.80. The van der Waals surface area contributed by atoms with Gasteiger partial charge in [0, 0.05) is 48.3 Å². The Morgan fingerprint density at radius 1 is 1.17 bits per heavy atom. The predicted octanol–water partition coefficient (Wildman–Crippen LogP) is 5.53. The van der Waals surface area contributed by atoms with Gasteiger partial charge in [-0.1, -0.05) is 37.1 Å². The molecular formula is C26H27ClF2N4O2. The lowest BCUT2D eigenvalue weighted by molar-refractivity contribution is 0.0940. The van der Waals surface area contributed by atoms with E-state index in [1.165, 1.54) is 11.0 Å². The van der Waals surface area contributed by atoms with Gasteiger partial charge in [0.05, 0.1) is 0 Å². The minimum Gasteiger partial charge on any atom is -0.346 e. The molecule has 184 valence electrons. The fourth-order valence-corrected chi connectivity index (χ4v) is 4.39. The van der Waals surface area contributed by atoms with Crippen molar-refractivity contribution in [3.63, 3.8) is 0 Å². The first kappa shape index (κ1) is 24.9. The minimum absolute atomic E-state index is 0.123. The summed E-state index contributed by atoms with van der Waals surface area (Å²) in [6, 6.07) is 9.90. The number of aromatic nitrogens is 2. The molecule has 1 N–H and O–H groups in total. The fourth-order valence-electron chi connectivity index (χ4n) is 4.20. The smallest absolute Gasteiger partial charge is 0.272 e. The number of carbonyl (C=O) groups excluding carboxylic acids is 2. The summed E-state index contributed by atoms with van der Waals surface area (Å²) in [6.45, 7) is 2.88. The van der Waals surface area contributed by atoms with E-state index in [2.05, 4.69) is 5.32 Å². The molecule has 0 aliphatic carbocycles. The van der Waals surface area contributed by atoms with Gasteiger partial charge in [0.1, 0.15) is 17.5 Å². The highest BCUT2D eigenvalue weighted by molar-refractivity contribution is 6.31. The summed E-state index contributed by atoms with van der Waals surface area (Å²) in [5.74, 6) is -1.15. The number of benzene rings is 2. The number of nitrogens with one attached hydrogen (secondary N) is 1. The highest BCUT2D eigenvalue weighted by Gasteiger charge is 2.31. The minimum atomic E-state index is -0.735. The van der Waals surface area contributed by atoms with Gasteiger partial charge in [-0.3, -0.25) is 14.5 Å². The fraction of sp³-hybridized carbons (Fsp3) is 0.346. The number of hydrogen-bond acceptors (Lipinski definition) is 3. The second kappa shape index (κ2) is 11.0. The lowest BCUT2D eigenvalue weighted by Crippen LogP contribution is -2.35. The molecule has 0 atom stereocenters. The Hall–Kier alpha value is -3.26. The summed E-state index contributed by atoms with van der Waals surface area (Å²) in [7, 11) is 0. The van der Waals surface area contributed by atoms with Crippen LogP contribution in [0.15, 0.2) is 42.5 Å². The summed E-state index contributed by atoms with van der Waals surface area (Å²) >= 11 is 6.12. The molecule has 0 unspecified atom stereocenters. The Bertz CT molecular complexity index is 1240. The van der Waals surface area contributed by atoms with E-state index >= 15 is 0 Å². The summed E-state index contributed by atoms with van der Waals surface area (Å²) in [4.78, 5) is 33.2. The maximum atomic E-state index is 14.1. The largest absolute Gasteiger partial charge is 0.346 e. The second-order valence-electron chi connectivity index (χ2n) is 8.55. The third-order valence-electron chi connectivity index (χ3n) is 6.04. The van der Waals surface area contributed by atoms with Crippen LogP contribution >= 0.6 is 11.6 Å². The van der Waals surface area contributed by atoms with E-state index in [9.17, 15) is 18.4 Å². The van der Waals surface area contributed by atoms with Crippen molar-refractivity contribution in [3.05, 3.63) is 81.8 Å². The predicted molar refractivity (Wildman–Crippen MR) is 131 cm³/mol. The first-order valence-corrected chi connectivity index (χ1v) is 12.2. The zero-order valence-corrected chi connectivity index (χ0v) is 20.2. The summed E-state index contributed by atoms with van der Waals surface area (Å²) < 4.78 is 29.2. The highest BCUT2D eigenvalue weighted by atomic mass is 35.5. The average molecular weight is 501 g/mol. The molecule has 0 saturated heterocycles. The molecule has 1 aliphatic rings. The normalized spacial score (nSPS) is 12.8. The zero-order valence-electron chi connectivity index (χ0n) is 19.5. The molecule has 0 spiro atoms. The molecule has 0 bridgehead atoms. The topological polar surface area (TPSA) is 67.2 Å². The number of hydrogen-bond donors (Lipinski definition) is 1. The van der Waals surface area contributed by atoms with Crippen molar-refractivity contribution in [2.24, 2.45) is 0 Å². The van der Waals surface area contributed by atoms with Crippen LogP contribution in [0.25, 0.3) is 0 Å². The molecule has 2 amide bonds. The molecular weight excluding hydrogens is 474 g/mol. The summed E-state index contributed by atoms with van der Waals surface area (Å²) in [5, 5.41) is 3.17. The number of unbranched alkanes of at least 4 members (excludes halogenated alkanes) is 1. The number of imidazole rings is 1. The van der Waals surface area contributed by atoms with Crippen molar-refractivity contribution in [2.75, 3.05) is 11.4 Å². The van der Waals surface area contributed by atoms with Crippen molar-refractivity contribution in [2.45, 2.75) is 52.1 Å². The van der Waals surface area contributed by atoms with E-state index in [1.807, 2.05) is 11.5 Å². The number of carbonyl (C=O) groups is 2. The standard InChI is InChI=1S/C26H27ClF2N4O2/c1-2-3-12-33(26(35)17-7-6-8-19(27)14-17)24-23(32-13-5-4-9-22(32)31-24)25(34)30-16-18-10-11-20(28)15-21(18)29/h6-8,10-11,14-15H,2-5,9,12-13,16H2,1H3,(H,30,34). The molecule has 1 aromatic heterocycles. The van der Waals surface area contributed by atoms with Crippen LogP contribution < -0.4 is 10.2 Å². The van der Waals surface area contributed by atoms with Gasteiger partial charge in [-0.15, -0.1) is 0 Å². The molecule has 35 heavy (non-hydrogen) atoms. The molecule has 6 nitrogen and oxygen atoms in total. The van der Waals surface area contributed by atoms with Crippen LogP contribution in [0.2, 0.25) is 5.02 Å². The van der Waals surface area contributed by atoms with E-state index in [0.717, 1.165) is 43.6 Å². The SMILES string of the molecule is CCCCN(C(=O)c1cccc(Cl)c1)c1nc2n(c1C(=O)NCc1ccc(F)cc1F)CCCC2. The van der Waals surface area contributed by atoms with Crippen LogP contribution in [0, 0.1) is 11.6 Å². The highest BCUT2D eigenvalue weighted by Crippen LogP contribution is 2.28. The van der Waals surface area contributed by atoms with Crippen LogP contribution in [-0.4, -0.2) is 27.9 Å². The Labute approximate surface area is 207 Å². The van der Waals surface area contributed by atoms with Crippen LogP contribution in [0.4, 0.5) is 14.6 Å². The van der Waals surface area contributed by atoms with Crippen LogP contribution in [-0.2, 0) is 19.5 Å². The number of rotatable bonds is 8. The first-order valence-electron chi connectivity index (χ1n) is 11.8. The molecule has 2 aromatic carbocycles. The Morgan fingerprint density at radius 2 is 2.00 bits per heavy atom. The maximum Gasteiger partial charge on any atom is 0.272 e. The van der Waals surface area contributed by atoms with E-state index in [1.54, 1.807) is 24.3 Å². The number of halogens is 3. The van der Waals surface area contributed by atoms with Crippen LogP contribution in [0.1, 0.15) is 64.8 Å². The summed E-state index contributed by atoms with van der Waals surface area (Å²) in [5.41, 5.74) is 0.838. The van der Waals surface area contributed by atoms with Crippen LogP contribution in [0.5, 0.6) is 0 Å². The number of fused-ring (bicyclic) bond motifs is 1. The van der Waals surface area contributed by atoms with Crippen LogP contribution in [0.3, 0.4) is 0 Å². The van der Waals surface area contributed by atoms with Gasteiger partial charge in [-0.05, 0) is 43.5 Å². The van der Waals surface area contributed by atoms with Gasteiger partial charge < -0.3 is 9.88 Å². The lowest BCUT2D eigenvalue weighted by atomic mass is 10.1. The second-order valence-corrected chi connectivity index (χ2v) is 8.98. The van der Waals surface area contributed by atoms with Crippen molar-refractivity contribution >= 4 is 29.2 Å². The molecule has 0 fully saturated rings. The number of anilines is 1. The molecule has 3 aromatic rings. The van der Waals surface area contributed by atoms with Gasteiger partial charge in [0.25, 0.3) is 11.8 Å². The van der Waals surface area contributed by atoms with Gasteiger partial charge in [-0.2, -0.15) is 0 Å². The van der Waals surface area contributed by atoms with Gasteiger partial charge in [0.15, 0.2) is 11.5 Å². The zero-order chi connectivity index (χ0) is 24.9. The third-order valence-corrected chi connectivity index (χ3v) is 6.27. The van der Waals surface area contributed by atoms with Crippen molar-refractivity contribution in [1.29, 1.82) is 0 Å². The van der Waals surface area contributed by atoms with E-state index in [-0.39, 0.29) is 29.5 Å². The van der Waals surface area contributed by atoms with Crippen molar-refractivity contribution in [3.8, 4) is 0 Å². The van der Waals surface area contributed by atoms with E-state index in [4.69, 9.17) is 16.6 Å². The molecule has 0 radical (unpaired) electrons. The first-order chi connectivity index (χ1) is 16.9. The summed E-state index contributed by atoms with van der Waals surface area (Å²) in [6.07, 6.45) is 4.08. The van der Waals surface area contributed by atoms with Crippen molar-refractivity contribution < 1.29 is 18.4 Å². The van der Waals surface area contributed by atoms with E-state index in [0.29, 0.717) is 30.1 Å². The Morgan fingerprint density at radius 3 is 2.74 bits per heavy atom. The average Bonchev–Trinajstić information content (AvgIpc) is 3.23. The monoisotopic (exact) mass is 500 g/mol. The number of nitrogens with zero attached hydrogens (tertiary/aromatic N) is 3. The third kappa shape index (κ3) is 5.53. The van der Waals surface area contributed by atoms with Gasteiger partial charge >= 0.3 is 0 Å². The molecule has 0 saturated carbocycles. The van der Waals surface area contributed by atoms with Gasteiger partial charge in [0.2, 0.25) is 0 Å². The molecule has 4 rings (SSSR count). The Balaban J connectivity index is 1.70. The quantitative estimate of drug-likeness (QED) is 0.442. The number of aryl methyl sites for hydroxylation is 1. The number of amides is 2. The molecule has 1 aliphatic heterocycles. The van der Waals surface area contributed by atoms with E-state index < -0.39 is 17.5 Å².